The maximum absolute atomic E-state index is 10.2. The Morgan fingerprint density at radius 3 is 1.53 bits per heavy atom. The molecule has 0 spiro atoms. The standard InChI is InChI=1S/C6H8N2.C6H4O5/c7-5-2-1-3-6(8)4-5;7-5(8)3-1-2-4(11-3)6(9)10/h1-4H,7-8H2;1-2H,(H,7,8)(H,9,10). The lowest BCUT2D eigenvalue weighted by Crippen LogP contribution is -1.94. The van der Waals surface area contributed by atoms with E-state index >= 15 is 0 Å². The number of carboxylic acids is 2. The Kier molecular flexibility index (Phi) is 4.53. The number of nitrogens with two attached hydrogens (primary N) is 2. The van der Waals surface area contributed by atoms with Gasteiger partial charge in [0.05, 0.1) is 0 Å². The van der Waals surface area contributed by atoms with Gasteiger partial charge in [0.25, 0.3) is 0 Å². The molecule has 2 rings (SSSR count). The van der Waals surface area contributed by atoms with Crippen molar-refractivity contribution in [3.05, 3.63) is 47.9 Å². The van der Waals surface area contributed by atoms with Crippen LogP contribution in [0.5, 0.6) is 0 Å². The minimum Gasteiger partial charge on any atom is -0.475 e. The van der Waals surface area contributed by atoms with Crippen LogP contribution in [0.15, 0.2) is 40.8 Å². The van der Waals surface area contributed by atoms with Gasteiger partial charge in [0, 0.05) is 11.4 Å². The van der Waals surface area contributed by atoms with Crippen LogP contribution in [-0.2, 0) is 0 Å². The molecule has 0 bridgehead atoms. The molecule has 6 N–H and O–H groups in total. The molecule has 0 radical (unpaired) electrons. The third-order valence-corrected chi connectivity index (χ3v) is 1.94. The normalized spacial score (nSPS) is 9.26. The average Bonchev–Trinajstić information content (AvgIpc) is 2.78. The van der Waals surface area contributed by atoms with Gasteiger partial charge in [-0.1, -0.05) is 6.07 Å². The second-order valence-electron chi connectivity index (χ2n) is 3.44. The van der Waals surface area contributed by atoms with Crippen LogP contribution >= 0.6 is 0 Å². The van der Waals surface area contributed by atoms with E-state index in [1.807, 2.05) is 6.07 Å². The van der Waals surface area contributed by atoms with E-state index in [1.165, 1.54) is 0 Å². The molecule has 0 fully saturated rings. The number of hydrogen-bond acceptors (Lipinski definition) is 5. The number of benzene rings is 1. The van der Waals surface area contributed by atoms with E-state index in [2.05, 4.69) is 4.42 Å². The number of anilines is 2. The highest BCUT2D eigenvalue weighted by atomic mass is 16.4. The van der Waals surface area contributed by atoms with Crippen LogP contribution in [0.25, 0.3) is 0 Å². The number of carboxylic acid groups (broad SMARTS) is 2. The molecule has 1 aromatic heterocycles. The van der Waals surface area contributed by atoms with E-state index in [9.17, 15) is 9.59 Å². The van der Waals surface area contributed by atoms with E-state index in [0.29, 0.717) is 11.4 Å². The minimum atomic E-state index is -1.28. The molecule has 7 heteroatoms. The molecule has 0 unspecified atom stereocenters. The van der Waals surface area contributed by atoms with E-state index < -0.39 is 11.9 Å². The first kappa shape index (κ1) is 14.1. The second-order valence-corrected chi connectivity index (χ2v) is 3.44. The Bertz CT molecular complexity index is 546. The first-order chi connectivity index (χ1) is 8.90. The van der Waals surface area contributed by atoms with Crippen LogP contribution in [0.4, 0.5) is 11.4 Å². The fourth-order valence-corrected chi connectivity index (χ4v) is 1.13. The molecule has 0 saturated carbocycles. The summed E-state index contributed by atoms with van der Waals surface area (Å²) in [6.45, 7) is 0. The van der Waals surface area contributed by atoms with E-state index in [0.717, 1.165) is 12.1 Å². The van der Waals surface area contributed by atoms with Gasteiger partial charge in [-0.05, 0) is 30.3 Å². The molecule has 100 valence electrons. The molecule has 1 heterocycles. The summed E-state index contributed by atoms with van der Waals surface area (Å²) >= 11 is 0. The number of furan rings is 1. The Morgan fingerprint density at radius 2 is 1.32 bits per heavy atom. The smallest absolute Gasteiger partial charge is 0.371 e. The van der Waals surface area contributed by atoms with Crippen LogP contribution in [0, 0.1) is 0 Å². The summed E-state index contributed by atoms with van der Waals surface area (Å²) in [5, 5.41) is 16.6. The van der Waals surface area contributed by atoms with E-state index in [1.54, 1.807) is 18.2 Å². The molecule has 0 saturated heterocycles. The summed E-state index contributed by atoms with van der Waals surface area (Å²) in [4.78, 5) is 20.3. The number of hydrogen-bond donors (Lipinski definition) is 4. The van der Waals surface area contributed by atoms with Crippen LogP contribution in [0.3, 0.4) is 0 Å². The Hall–Kier alpha value is -2.96. The number of aromatic carboxylic acids is 2. The minimum absolute atomic E-state index is 0.373. The molecule has 0 amide bonds. The van der Waals surface area contributed by atoms with Gasteiger partial charge < -0.3 is 26.1 Å². The van der Waals surface area contributed by atoms with Crippen molar-refractivity contribution in [1.82, 2.24) is 0 Å². The summed E-state index contributed by atoms with van der Waals surface area (Å²) < 4.78 is 4.41. The van der Waals surface area contributed by atoms with Crippen molar-refractivity contribution in [1.29, 1.82) is 0 Å². The fraction of sp³-hybridized carbons (Fsp3) is 0. The lowest BCUT2D eigenvalue weighted by Gasteiger charge is -1.91. The lowest BCUT2D eigenvalue weighted by atomic mass is 10.3. The third kappa shape index (κ3) is 4.43. The Morgan fingerprint density at radius 1 is 0.895 bits per heavy atom. The largest absolute Gasteiger partial charge is 0.475 e. The van der Waals surface area contributed by atoms with Crippen LogP contribution in [0.1, 0.15) is 21.1 Å². The van der Waals surface area contributed by atoms with Crippen molar-refractivity contribution in [2.75, 3.05) is 11.5 Å². The summed E-state index contributed by atoms with van der Waals surface area (Å²) in [5.41, 5.74) is 12.2. The summed E-state index contributed by atoms with van der Waals surface area (Å²) in [5.74, 6) is -3.31. The quantitative estimate of drug-likeness (QED) is 0.603. The lowest BCUT2D eigenvalue weighted by molar-refractivity contribution is 0.0631. The predicted octanol–water partition coefficient (Wildman–Crippen LogP) is 1.53. The first-order valence-electron chi connectivity index (χ1n) is 5.07. The molecular weight excluding hydrogens is 252 g/mol. The van der Waals surface area contributed by atoms with Gasteiger partial charge in [0.2, 0.25) is 11.5 Å². The van der Waals surface area contributed by atoms with Crippen molar-refractivity contribution in [3.8, 4) is 0 Å². The highest BCUT2D eigenvalue weighted by Gasteiger charge is 2.12. The van der Waals surface area contributed by atoms with Crippen molar-refractivity contribution >= 4 is 23.3 Å². The van der Waals surface area contributed by atoms with Gasteiger partial charge in [-0.2, -0.15) is 0 Å². The average molecular weight is 264 g/mol. The van der Waals surface area contributed by atoms with Crippen LogP contribution < -0.4 is 11.5 Å². The zero-order valence-corrected chi connectivity index (χ0v) is 9.74. The van der Waals surface area contributed by atoms with E-state index in [-0.39, 0.29) is 11.5 Å². The zero-order chi connectivity index (χ0) is 14.4. The highest BCUT2D eigenvalue weighted by Crippen LogP contribution is 2.07. The van der Waals surface area contributed by atoms with E-state index in [4.69, 9.17) is 21.7 Å². The molecule has 7 nitrogen and oxygen atoms in total. The summed E-state index contributed by atoms with van der Waals surface area (Å²) in [7, 11) is 0. The molecule has 0 aliphatic heterocycles. The molecule has 0 aliphatic rings. The molecule has 1 aromatic carbocycles. The highest BCUT2D eigenvalue weighted by molar-refractivity contribution is 5.88. The van der Waals surface area contributed by atoms with Gasteiger partial charge in [-0.3, -0.25) is 0 Å². The monoisotopic (exact) mass is 264 g/mol. The van der Waals surface area contributed by atoms with Crippen molar-refractivity contribution in [2.24, 2.45) is 0 Å². The Balaban J connectivity index is 0.000000200. The van der Waals surface area contributed by atoms with Crippen molar-refractivity contribution in [2.45, 2.75) is 0 Å². The number of carbonyl (C=O) groups is 2. The van der Waals surface area contributed by atoms with Crippen molar-refractivity contribution < 1.29 is 24.2 Å². The second kappa shape index (κ2) is 6.10. The van der Waals surface area contributed by atoms with Crippen LogP contribution in [0.2, 0.25) is 0 Å². The van der Waals surface area contributed by atoms with Gasteiger partial charge >= 0.3 is 11.9 Å². The topological polar surface area (TPSA) is 140 Å². The number of rotatable bonds is 2. The third-order valence-electron chi connectivity index (χ3n) is 1.94. The number of nitrogen functional groups attached to an aromatic ring is 2. The van der Waals surface area contributed by atoms with Crippen molar-refractivity contribution in [3.63, 3.8) is 0 Å². The molecular formula is C12H12N2O5. The van der Waals surface area contributed by atoms with Gasteiger partial charge in [-0.25, -0.2) is 9.59 Å². The predicted molar refractivity (Wildman–Crippen MR) is 67.9 cm³/mol. The summed E-state index contributed by atoms with van der Waals surface area (Å²) in [6, 6.07) is 9.33. The molecule has 0 atom stereocenters. The fourth-order valence-electron chi connectivity index (χ4n) is 1.13. The Labute approximate surface area is 108 Å². The molecule has 19 heavy (non-hydrogen) atoms. The maximum Gasteiger partial charge on any atom is 0.371 e. The maximum atomic E-state index is 10.2. The SMILES string of the molecule is Nc1cccc(N)c1.O=C(O)c1ccc(C(=O)O)o1. The first-order valence-corrected chi connectivity index (χ1v) is 5.07. The van der Waals surface area contributed by atoms with Gasteiger partial charge in [-0.15, -0.1) is 0 Å². The van der Waals surface area contributed by atoms with Gasteiger partial charge in [0.1, 0.15) is 0 Å². The summed E-state index contributed by atoms with van der Waals surface area (Å²) in [6.07, 6.45) is 0. The molecule has 2 aromatic rings. The van der Waals surface area contributed by atoms with Crippen LogP contribution in [-0.4, -0.2) is 22.2 Å². The van der Waals surface area contributed by atoms with Gasteiger partial charge in [0.15, 0.2) is 0 Å². The molecule has 0 aliphatic carbocycles. The zero-order valence-electron chi connectivity index (χ0n) is 9.74.